The highest BCUT2D eigenvalue weighted by atomic mass is 35.5. The Morgan fingerprint density at radius 2 is 1.93 bits per heavy atom. The molecule has 152 valence electrons. The predicted molar refractivity (Wildman–Crippen MR) is 118 cm³/mol. The zero-order valence-electron chi connectivity index (χ0n) is 16.8. The molecule has 1 amide bonds. The van der Waals surface area contributed by atoms with Crippen LogP contribution in [0.4, 0.5) is 5.69 Å². The number of nitrogens with one attached hydrogen (secondary N) is 1. The number of anilines is 1. The minimum atomic E-state index is -0.219. The van der Waals surface area contributed by atoms with E-state index in [1.807, 2.05) is 43.1 Å². The van der Waals surface area contributed by atoms with Gasteiger partial charge >= 0.3 is 0 Å². The molecular formula is C21H23Cl2N5O. The van der Waals surface area contributed by atoms with Gasteiger partial charge in [0.05, 0.1) is 29.8 Å². The zero-order chi connectivity index (χ0) is 21.1. The Morgan fingerprint density at radius 1 is 1.17 bits per heavy atom. The fourth-order valence-electron chi connectivity index (χ4n) is 3.12. The fraction of sp³-hybridized carbons (Fsp3) is 0.286. The van der Waals surface area contributed by atoms with Crippen LogP contribution in [0.15, 0.2) is 30.5 Å². The summed E-state index contributed by atoms with van der Waals surface area (Å²) in [4.78, 5) is 12.4. The number of carbonyl (C=O) groups excluding carboxylic acids is 1. The van der Waals surface area contributed by atoms with E-state index in [0.717, 1.165) is 34.8 Å². The standard InChI is InChI=1S/C21H23Cl2N5O/c1-5-27-14(3)16(11-24-27)7-9-20(29)25-21-13(2)26-28(15(21)4)12-17-6-8-18(22)10-19(17)23/h6-11H,5,12H2,1-4H3,(H,25,29)/b9-7-. The van der Waals surface area contributed by atoms with Crippen molar-refractivity contribution >= 4 is 40.9 Å². The van der Waals surface area contributed by atoms with Crippen LogP contribution in [0.5, 0.6) is 0 Å². The van der Waals surface area contributed by atoms with Crippen molar-refractivity contribution in [2.45, 2.75) is 40.8 Å². The van der Waals surface area contributed by atoms with Gasteiger partial charge in [0.1, 0.15) is 0 Å². The van der Waals surface area contributed by atoms with E-state index in [1.165, 1.54) is 6.08 Å². The lowest BCUT2D eigenvalue weighted by molar-refractivity contribution is -0.111. The number of halogens is 2. The van der Waals surface area contributed by atoms with Crippen LogP contribution in [0, 0.1) is 20.8 Å². The number of hydrogen-bond acceptors (Lipinski definition) is 3. The fourth-order valence-corrected chi connectivity index (χ4v) is 3.59. The molecule has 0 bridgehead atoms. The maximum Gasteiger partial charge on any atom is 0.248 e. The maximum absolute atomic E-state index is 12.4. The highest BCUT2D eigenvalue weighted by Crippen LogP contribution is 2.25. The van der Waals surface area contributed by atoms with Crippen molar-refractivity contribution in [1.29, 1.82) is 0 Å². The highest BCUT2D eigenvalue weighted by Gasteiger charge is 2.14. The number of aromatic nitrogens is 4. The summed E-state index contributed by atoms with van der Waals surface area (Å²) in [5.41, 5.74) is 5.14. The summed E-state index contributed by atoms with van der Waals surface area (Å²) in [6.07, 6.45) is 5.04. The minimum absolute atomic E-state index is 0.219. The first-order valence-electron chi connectivity index (χ1n) is 9.29. The molecule has 0 saturated carbocycles. The van der Waals surface area contributed by atoms with Crippen LogP contribution in [0.25, 0.3) is 6.08 Å². The molecule has 0 spiro atoms. The average Bonchev–Trinajstić information content (AvgIpc) is 3.16. The van der Waals surface area contributed by atoms with Crippen LogP contribution in [0.3, 0.4) is 0 Å². The van der Waals surface area contributed by atoms with Crippen molar-refractivity contribution < 1.29 is 4.79 Å². The van der Waals surface area contributed by atoms with Gasteiger partial charge in [0.2, 0.25) is 5.91 Å². The average molecular weight is 432 g/mol. The first-order valence-corrected chi connectivity index (χ1v) is 10.0. The number of nitrogens with zero attached hydrogens (tertiary/aromatic N) is 4. The van der Waals surface area contributed by atoms with E-state index in [-0.39, 0.29) is 5.91 Å². The molecule has 0 aliphatic carbocycles. The Balaban J connectivity index is 1.75. The highest BCUT2D eigenvalue weighted by molar-refractivity contribution is 6.35. The monoisotopic (exact) mass is 431 g/mol. The van der Waals surface area contributed by atoms with E-state index in [2.05, 4.69) is 15.5 Å². The molecule has 1 N–H and O–H groups in total. The van der Waals surface area contributed by atoms with Crippen molar-refractivity contribution in [3.63, 3.8) is 0 Å². The van der Waals surface area contributed by atoms with Crippen LogP contribution < -0.4 is 5.32 Å². The Kier molecular flexibility index (Phi) is 6.45. The summed E-state index contributed by atoms with van der Waals surface area (Å²) in [5, 5.41) is 12.9. The van der Waals surface area contributed by atoms with Gasteiger partial charge in [-0.3, -0.25) is 14.2 Å². The second kappa shape index (κ2) is 8.84. The third-order valence-corrected chi connectivity index (χ3v) is 5.41. The summed E-state index contributed by atoms with van der Waals surface area (Å²) < 4.78 is 3.71. The molecule has 3 rings (SSSR count). The largest absolute Gasteiger partial charge is 0.319 e. The van der Waals surface area contributed by atoms with E-state index in [9.17, 15) is 4.79 Å². The molecule has 2 heterocycles. The van der Waals surface area contributed by atoms with Gasteiger partial charge in [-0.05, 0) is 51.5 Å². The van der Waals surface area contributed by atoms with Gasteiger partial charge in [0.15, 0.2) is 0 Å². The molecule has 29 heavy (non-hydrogen) atoms. The molecule has 8 heteroatoms. The molecule has 0 aliphatic heterocycles. The lowest BCUT2D eigenvalue weighted by Crippen LogP contribution is -2.10. The summed E-state index contributed by atoms with van der Waals surface area (Å²) in [7, 11) is 0. The topological polar surface area (TPSA) is 64.7 Å². The molecule has 0 aliphatic rings. The van der Waals surface area contributed by atoms with Crippen molar-refractivity contribution in [3.8, 4) is 0 Å². The van der Waals surface area contributed by atoms with Crippen LogP contribution in [-0.2, 0) is 17.9 Å². The van der Waals surface area contributed by atoms with Crippen LogP contribution >= 0.6 is 23.2 Å². The molecule has 6 nitrogen and oxygen atoms in total. The number of rotatable bonds is 6. The molecule has 0 fully saturated rings. The molecule has 3 aromatic rings. The lowest BCUT2D eigenvalue weighted by Gasteiger charge is -2.08. The normalized spacial score (nSPS) is 11.4. The number of aryl methyl sites for hydroxylation is 2. The van der Waals surface area contributed by atoms with Gasteiger partial charge in [-0.15, -0.1) is 0 Å². The first kappa shape index (κ1) is 21.1. The first-order chi connectivity index (χ1) is 13.8. The van der Waals surface area contributed by atoms with Crippen LogP contribution in [-0.4, -0.2) is 25.5 Å². The van der Waals surface area contributed by atoms with Crippen LogP contribution in [0.2, 0.25) is 10.0 Å². The summed E-state index contributed by atoms with van der Waals surface area (Å²) in [6, 6.07) is 5.38. The summed E-state index contributed by atoms with van der Waals surface area (Å²) in [5.74, 6) is -0.219. The minimum Gasteiger partial charge on any atom is -0.319 e. The quantitative estimate of drug-likeness (QED) is 0.556. The number of benzene rings is 1. The molecular weight excluding hydrogens is 409 g/mol. The smallest absolute Gasteiger partial charge is 0.248 e. The maximum atomic E-state index is 12.4. The second-order valence-electron chi connectivity index (χ2n) is 6.76. The van der Waals surface area contributed by atoms with Crippen molar-refractivity contribution in [3.05, 3.63) is 68.7 Å². The zero-order valence-corrected chi connectivity index (χ0v) is 18.3. The summed E-state index contributed by atoms with van der Waals surface area (Å²) >= 11 is 12.2. The molecule has 0 atom stereocenters. The molecule has 0 saturated heterocycles. The Labute approximate surface area is 180 Å². The van der Waals surface area contributed by atoms with Gasteiger partial charge < -0.3 is 5.32 Å². The lowest BCUT2D eigenvalue weighted by atomic mass is 10.2. The predicted octanol–water partition coefficient (Wildman–Crippen LogP) is 5.03. The van der Waals surface area contributed by atoms with Crippen molar-refractivity contribution in [2.24, 2.45) is 0 Å². The van der Waals surface area contributed by atoms with Crippen LogP contribution in [0.1, 0.15) is 35.1 Å². The number of amides is 1. The molecule has 0 radical (unpaired) electrons. The Hall–Kier alpha value is -2.57. The second-order valence-corrected chi connectivity index (χ2v) is 7.61. The number of hydrogen-bond donors (Lipinski definition) is 1. The molecule has 2 aromatic heterocycles. The van der Waals surface area contributed by atoms with E-state index >= 15 is 0 Å². The Bertz CT molecular complexity index is 1080. The van der Waals surface area contributed by atoms with Gasteiger partial charge in [-0.2, -0.15) is 10.2 Å². The third kappa shape index (κ3) is 4.71. The van der Waals surface area contributed by atoms with E-state index < -0.39 is 0 Å². The van der Waals surface area contributed by atoms with Crippen molar-refractivity contribution in [2.75, 3.05) is 5.32 Å². The van der Waals surface area contributed by atoms with E-state index in [0.29, 0.717) is 22.3 Å². The number of carbonyl (C=O) groups is 1. The van der Waals surface area contributed by atoms with Crippen molar-refractivity contribution in [1.82, 2.24) is 19.6 Å². The van der Waals surface area contributed by atoms with E-state index in [4.69, 9.17) is 23.2 Å². The van der Waals surface area contributed by atoms with Gasteiger partial charge in [-0.25, -0.2) is 0 Å². The molecule has 0 unspecified atom stereocenters. The third-order valence-electron chi connectivity index (χ3n) is 4.82. The van der Waals surface area contributed by atoms with Gasteiger partial charge in [-0.1, -0.05) is 29.3 Å². The SMILES string of the molecule is CCn1ncc(/C=C\C(=O)Nc2c(C)nn(Cc3ccc(Cl)cc3Cl)c2C)c1C. The summed E-state index contributed by atoms with van der Waals surface area (Å²) in [6.45, 7) is 9.07. The van der Waals surface area contributed by atoms with E-state index in [1.54, 1.807) is 24.4 Å². The van der Waals surface area contributed by atoms with Gasteiger partial charge in [0.25, 0.3) is 0 Å². The van der Waals surface area contributed by atoms with Gasteiger partial charge in [0, 0.05) is 33.9 Å². The Morgan fingerprint density at radius 3 is 2.59 bits per heavy atom. The molecule has 1 aromatic carbocycles.